The number of aromatic nitrogens is 2. The normalized spacial score (nSPS) is 10.1. The van der Waals surface area contributed by atoms with Crippen LogP contribution in [-0.2, 0) is 0 Å². The molecule has 0 aliphatic carbocycles. The highest BCUT2D eigenvalue weighted by molar-refractivity contribution is 8.00. The summed E-state index contributed by atoms with van der Waals surface area (Å²) < 4.78 is 5.01. The van der Waals surface area contributed by atoms with Crippen LogP contribution in [0.2, 0.25) is 0 Å². The third-order valence-corrected chi connectivity index (χ3v) is 3.25. The Labute approximate surface area is 109 Å². The van der Waals surface area contributed by atoms with Crippen molar-refractivity contribution in [2.75, 3.05) is 12.9 Å². The maximum Gasteiger partial charge on any atom is 0.243 e. The number of hydrogen-bond donors (Lipinski definition) is 0. The molecule has 0 spiro atoms. The lowest BCUT2D eigenvalue weighted by Gasteiger charge is -2.04. The Balaban J connectivity index is 2.04. The zero-order valence-corrected chi connectivity index (χ0v) is 10.7. The minimum atomic E-state index is -0.0891. The Bertz CT molecular complexity index is 532. The summed E-state index contributed by atoms with van der Waals surface area (Å²) in [7, 11) is 1.48. The number of thioether (sulfide) groups is 1. The molecule has 2 rings (SSSR count). The lowest BCUT2D eigenvalue weighted by molar-refractivity contribution is 0.101. The Hall–Kier alpha value is -1.88. The first-order valence-electron chi connectivity index (χ1n) is 5.37. The summed E-state index contributed by atoms with van der Waals surface area (Å²) >= 11 is 1.47. The van der Waals surface area contributed by atoms with Gasteiger partial charge in [0.1, 0.15) is 0 Å². The molecule has 4 nitrogen and oxygen atoms in total. The predicted molar refractivity (Wildman–Crippen MR) is 70.1 cm³/mol. The van der Waals surface area contributed by atoms with Crippen molar-refractivity contribution in [2.24, 2.45) is 0 Å². The molecule has 2 aromatic rings. The van der Waals surface area contributed by atoms with Crippen LogP contribution in [0.3, 0.4) is 0 Å². The molecule has 0 atom stereocenters. The van der Waals surface area contributed by atoms with Crippen LogP contribution in [0, 0.1) is 0 Å². The highest BCUT2D eigenvalue weighted by Gasteiger charge is 2.14. The highest BCUT2D eigenvalue weighted by atomic mass is 32.2. The smallest absolute Gasteiger partial charge is 0.243 e. The molecule has 1 aromatic carbocycles. The van der Waals surface area contributed by atoms with Gasteiger partial charge in [-0.2, -0.15) is 0 Å². The fourth-order valence-electron chi connectivity index (χ4n) is 1.40. The molecule has 0 radical (unpaired) electrons. The van der Waals surface area contributed by atoms with E-state index in [-0.39, 0.29) is 17.4 Å². The molecular formula is C13H12N2O2S. The first-order chi connectivity index (χ1) is 8.81. The number of carbonyl (C=O) groups is 1. The van der Waals surface area contributed by atoms with E-state index in [1.165, 1.54) is 31.3 Å². The van der Waals surface area contributed by atoms with Crippen LogP contribution in [0.15, 0.2) is 47.6 Å². The lowest BCUT2D eigenvalue weighted by Crippen LogP contribution is -2.08. The number of benzene rings is 1. The third-order valence-electron chi connectivity index (χ3n) is 2.24. The van der Waals surface area contributed by atoms with Crippen molar-refractivity contribution in [1.29, 1.82) is 0 Å². The molecule has 0 aliphatic heterocycles. The highest BCUT2D eigenvalue weighted by Crippen LogP contribution is 2.20. The molecule has 1 heterocycles. The topological polar surface area (TPSA) is 52.1 Å². The molecule has 0 N–H and O–H groups in total. The quantitative estimate of drug-likeness (QED) is 0.610. The first-order valence-corrected chi connectivity index (χ1v) is 6.36. The molecule has 92 valence electrons. The maximum atomic E-state index is 12.0. The van der Waals surface area contributed by atoms with Crippen molar-refractivity contribution >= 4 is 17.5 Å². The Morgan fingerprint density at radius 2 is 1.94 bits per heavy atom. The summed E-state index contributed by atoms with van der Waals surface area (Å²) in [5.74, 6) is 0.504. The van der Waals surface area contributed by atoms with Gasteiger partial charge in [-0.15, -0.1) is 11.8 Å². The molecule has 0 aliphatic rings. The molecular weight excluding hydrogens is 248 g/mol. The summed E-state index contributed by atoms with van der Waals surface area (Å²) in [4.78, 5) is 21.0. The molecule has 1 aromatic heterocycles. The van der Waals surface area contributed by atoms with Crippen molar-refractivity contribution in [3.63, 3.8) is 0 Å². The van der Waals surface area contributed by atoms with E-state index in [9.17, 15) is 4.79 Å². The second kappa shape index (κ2) is 6.16. The minimum absolute atomic E-state index is 0.0891. The van der Waals surface area contributed by atoms with Gasteiger partial charge in [-0.25, -0.2) is 9.97 Å². The van der Waals surface area contributed by atoms with Crippen LogP contribution in [0.25, 0.3) is 0 Å². The van der Waals surface area contributed by atoms with Gasteiger partial charge in [-0.05, 0) is 12.1 Å². The Morgan fingerprint density at radius 1 is 1.22 bits per heavy atom. The fourth-order valence-corrected chi connectivity index (χ4v) is 2.18. The SMILES string of the molecule is COc1nccnc1C(=O)CSc1ccccc1. The number of hydrogen-bond acceptors (Lipinski definition) is 5. The van der Waals surface area contributed by atoms with Crippen LogP contribution in [0.4, 0.5) is 0 Å². The van der Waals surface area contributed by atoms with Gasteiger partial charge in [-0.1, -0.05) is 18.2 Å². The zero-order chi connectivity index (χ0) is 12.8. The second-order valence-corrected chi connectivity index (χ2v) is 4.49. The minimum Gasteiger partial charge on any atom is -0.479 e. The van der Waals surface area contributed by atoms with Gasteiger partial charge in [-0.3, -0.25) is 4.79 Å². The molecule has 0 saturated heterocycles. The van der Waals surface area contributed by atoms with Crippen molar-refractivity contribution in [3.8, 4) is 5.88 Å². The first kappa shape index (κ1) is 12.6. The van der Waals surface area contributed by atoms with Crippen LogP contribution in [0.5, 0.6) is 5.88 Å². The van der Waals surface area contributed by atoms with Crippen LogP contribution in [-0.4, -0.2) is 28.6 Å². The van der Waals surface area contributed by atoms with Gasteiger partial charge >= 0.3 is 0 Å². The summed E-state index contributed by atoms with van der Waals surface area (Å²) in [5, 5.41) is 0. The van der Waals surface area contributed by atoms with E-state index < -0.39 is 0 Å². The predicted octanol–water partition coefficient (Wildman–Crippen LogP) is 2.46. The fraction of sp³-hybridized carbons (Fsp3) is 0.154. The summed E-state index contributed by atoms with van der Waals surface area (Å²) in [6.07, 6.45) is 2.99. The zero-order valence-electron chi connectivity index (χ0n) is 9.87. The number of ketones is 1. The molecule has 18 heavy (non-hydrogen) atoms. The molecule has 0 fully saturated rings. The number of rotatable bonds is 5. The molecule has 0 bridgehead atoms. The van der Waals surface area contributed by atoms with Crippen molar-refractivity contribution < 1.29 is 9.53 Å². The van der Waals surface area contributed by atoms with Crippen LogP contribution in [0.1, 0.15) is 10.5 Å². The largest absolute Gasteiger partial charge is 0.479 e. The van der Waals surface area contributed by atoms with Crippen LogP contribution < -0.4 is 4.74 Å². The van der Waals surface area contributed by atoms with Gasteiger partial charge in [0.15, 0.2) is 11.5 Å². The summed E-state index contributed by atoms with van der Waals surface area (Å²) in [5.41, 5.74) is 0.281. The van der Waals surface area contributed by atoms with Gasteiger partial charge in [0.05, 0.1) is 12.9 Å². The number of Topliss-reactive ketones (excluding diaryl/α,β-unsaturated/α-hetero) is 1. The summed E-state index contributed by atoms with van der Waals surface area (Å²) in [6.45, 7) is 0. The van der Waals surface area contributed by atoms with Gasteiger partial charge in [0.2, 0.25) is 5.88 Å². The average molecular weight is 260 g/mol. The summed E-state index contributed by atoms with van der Waals surface area (Å²) in [6, 6.07) is 9.75. The molecule has 0 saturated carbocycles. The average Bonchev–Trinajstić information content (AvgIpc) is 2.45. The number of carbonyl (C=O) groups excluding carboxylic acids is 1. The number of nitrogens with zero attached hydrogens (tertiary/aromatic N) is 2. The van der Waals surface area contributed by atoms with Crippen molar-refractivity contribution in [3.05, 3.63) is 48.4 Å². The maximum absolute atomic E-state index is 12.0. The van der Waals surface area contributed by atoms with E-state index in [0.717, 1.165) is 4.90 Å². The molecule has 0 amide bonds. The monoisotopic (exact) mass is 260 g/mol. The lowest BCUT2D eigenvalue weighted by atomic mass is 10.3. The van der Waals surface area contributed by atoms with E-state index in [2.05, 4.69) is 9.97 Å². The van der Waals surface area contributed by atoms with Crippen LogP contribution >= 0.6 is 11.8 Å². The Morgan fingerprint density at radius 3 is 2.67 bits per heavy atom. The van der Waals surface area contributed by atoms with E-state index in [4.69, 9.17) is 4.74 Å². The van der Waals surface area contributed by atoms with E-state index >= 15 is 0 Å². The van der Waals surface area contributed by atoms with Gasteiger partial charge < -0.3 is 4.74 Å². The number of ether oxygens (including phenoxy) is 1. The van der Waals surface area contributed by atoms with Gasteiger partial charge in [0, 0.05) is 17.3 Å². The van der Waals surface area contributed by atoms with Crippen molar-refractivity contribution in [1.82, 2.24) is 9.97 Å². The van der Waals surface area contributed by atoms with Gasteiger partial charge in [0.25, 0.3) is 0 Å². The molecule has 5 heteroatoms. The number of methoxy groups -OCH3 is 1. The second-order valence-electron chi connectivity index (χ2n) is 3.44. The standard InChI is InChI=1S/C13H12N2O2S/c1-17-13-12(14-7-8-15-13)11(16)9-18-10-5-3-2-4-6-10/h2-8H,9H2,1H3. The third kappa shape index (κ3) is 3.07. The van der Waals surface area contributed by atoms with Crippen molar-refractivity contribution in [2.45, 2.75) is 4.90 Å². The van der Waals surface area contributed by atoms with E-state index in [1.54, 1.807) is 0 Å². The Kier molecular flexibility index (Phi) is 4.30. The molecule has 0 unspecified atom stereocenters. The van der Waals surface area contributed by atoms with E-state index in [0.29, 0.717) is 5.75 Å². The van der Waals surface area contributed by atoms with E-state index in [1.807, 2.05) is 30.3 Å².